The number of amides is 2. The summed E-state index contributed by atoms with van der Waals surface area (Å²) in [5, 5.41) is 6.39. The van der Waals surface area contributed by atoms with E-state index in [9.17, 15) is 9.59 Å². The Balaban J connectivity index is 1.10. The first-order valence-corrected chi connectivity index (χ1v) is 15.3. The van der Waals surface area contributed by atoms with Gasteiger partial charge in [0.1, 0.15) is 5.82 Å². The van der Waals surface area contributed by atoms with Gasteiger partial charge in [-0.25, -0.2) is 9.97 Å². The van der Waals surface area contributed by atoms with E-state index < -0.39 is 5.91 Å². The topological polar surface area (TPSA) is 129 Å². The van der Waals surface area contributed by atoms with Gasteiger partial charge >= 0.3 is 0 Å². The van der Waals surface area contributed by atoms with Crippen molar-refractivity contribution in [2.24, 2.45) is 5.73 Å². The van der Waals surface area contributed by atoms with Crippen LogP contribution in [0.25, 0.3) is 0 Å². The van der Waals surface area contributed by atoms with Crippen LogP contribution in [0.1, 0.15) is 83.7 Å². The first-order valence-electron chi connectivity index (χ1n) is 15.3. The number of aromatic nitrogens is 3. The molecule has 1 aliphatic carbocycles. The highest BCUT2D eigenvalue weighted by atomic mass is 16.2. The highest BCUT2D eigenvalue weighted by molar-refractivity contribution is 5.96. The van der Waals surface area contributed by atoms with E-state index in [1.54, 1.807) is 30.7 Å². The van der Waals surface area contributed by atoms with Crippen molar-refractivity contribution < 1.29 is 9.59 Å². The number of piperidine rings is 2. The van der Waals surface area contributed by atoms with Crippen molar-refractivity contribution in [2.75, 3.05) is 36.4 Å². The maximum Gasteiger partial charge on any atom is 0.271 e. The molecule has 4 N–H and O–H groups in total. The Hall–Kier alpha value is -4.05. The molecule has 1 unspecified atom stereocenters. The third kappa shape index (κ3) is 6.54. The molecule has 42 heavy (non-hydrogen) atoms. The number of benzene rings is 1. The minimum atomic E-state index is -0.637. The van der Waals surface area contributed by atoms with Gasteiger partial charge < -0.3 is 26.2 Å². The van der Waals surface area contributed by atoms with Crippen LogP contribution in [0, 0.1) is 0 Å². The van der Waals surface area contributed by atoms with E-state index in [2.05, 4.69) is 42.5 Å². The summed E-state index contributed by atoms with van der Waals surface area (Å²) in [6.45, 7) is 3.73. The standard InChI is InChI=1S/C32H40N8O2/c33-30(41)29-31(36-25-11-9-22(10-12-25)23-13-17-39(18-14-23)27-7-1-2-8-27)38-28(20-35-29)40-16-4-6-26(21-40)37-32(42)24-5-3-15-34-19-24/h3,5,9-12,15,19-20,23,26-27H,1-2,4,6-8,13-14,16-18,21H2,(H2,33,41)(H,36,38)(H,37,42). The summed E-state index contributed by atoms with van der Waals surface area (Å²) in [5.41, 5.74) is 8.47. The van der Waals surface area contributed by atoms with E-state index in [0.29, 0.717) is 29.7 Å². The van der Waals surface area contributed by atoms with Gasteiger partial charge in [-0.3, -0.25) is 14.6 Å². The molecule has 0 radical (unpaired) electrons. The number of rotatable bonds is 8. The molecule has 2 amide bonds. The van der Waals surface area contributed by atoms with Crippen molar-refractivity contribution in [1.29, 1.82) is 0 Å². The van der Waals surface area contributed by atoms with E-state index in [1.807, 2.05) is 12.1 Å². The van der Waals surface area contributed by atoms with Crippen molar-refractivity contribution in [2.45, 2.75) is 69.4 Å². The molecule has 1 saturated carbocycles. The predicted molar refractivity (Wildman–Crippen MR) is 163 cm³/mol. The maximum atomic E-state index is 12.7. The van der Waals surface area contributed by atoms with E-state index >= 15 is 0 Å². The van der Waals surface area contributed by atoms with E-state index in [1.165, 1.54) is 57.2 Å². The van der Waals surface area contributed by atoms with Gasteiger partial charge in [-0.05, 0) is 87.4 Å². The Morgan fingerprint density at radius 1 is 0.905 bits per heavy atom. The third-order valence-corrected chi connectivity index (χ3v) is 9.01. The van der Waals surface area contributed by atoms with Crippen LogP contribution in [0.3, 0.4) is 0 Å². The number of pyridine rings is 1. The van der Waals surface area contributed by atoms with Gasteiger partial charge in [-0.15, -0.1) is 0 Å². The van der Waals surface area contributed by atoms with Crippen LogP contribution in [-0.2, 0) is 0 Å². The number of anilines is 3. The Morgan fingerprint density at radius 3 is 2.40 bits per heavy atom. The minimum absolute atomic E-state index is 0.0435. The number of hydrogen-bond donors (Lipinski definition) is 3. The Morgan fingerprint density at radius 2 is 1.69 bits per heavy atom. The van der Waals surface area contributed by atoms with Crippen molar-refractivity contribution >= 4 is 29.1 Å². The zero-order valence-electron chi connectivity index (χ0n) is 24.0. The average Bonchev–Trinajstić information content (AvgIpc) is 3.57. The highest BCUT2D eigenvalue weighted by Gasteiger charge is 2.28. The van der Waals surface area contributed by atoms with Crippen LogP contribution in [0.4, 0.5) is 17.3 Å². The lowest BCUT2D eigenvalue weighted by molar-refractivity contribution is 0.0931. The largest absolute Gasteiger partial charge is 0.364 e. The molecule has 220 valence electrons. The molecule has 1 aromatic carbocycles. The highest BCUT2D eigenvalue weighted by Crippen LogP contribution is 2.33. The molecule has 3 fully saturated rings. The Kier molecular flexibility index (Phi) is 8.60. The monoisotopic (exact) mass is 568 g/mol. The molecule has 3 aromatic rings. The molecule has 2 saturated heterocycles. The summed E-state index contributed by atoms with van der Waals surface area (Å²) in [4.78, 5) is 42.8. The van der Waals surface area contributed by atoms with Crippen LogP contribution in [0.5, 0.6) is 0 Å². The van der Waals surface area contributed by atoms with Crippen LogP contribution in [0.2, 0.25) is 0 Å². The smallest absolute Gasteiger partial charge is 0.271 e. The molecular formula is C32H40N8O2. The normalized spacial score (nSPS) is 20.4. The molecule has 6 rings (SSSR count). The van der Waals surface area contributed by atoms with Crippen molar-refractivity contribution in [3.8, 4) is 0 Å². The number of nitrogens with two attached hydrogens (primary N) is 1. The minimum Gasteiger partial charge on any atom is -0.364 e. The van der Waals surface area contributed by atoms with E-state index in [-0.39, 0.29) is 17.6 Å². The van der Waals surface area contributed by atoms with Gasteiger partial charge in [0.25, 0.3) is 11.8 Å². The lowest BCUT2D eigenvalue weighted by Crippen LogP contribution is -2.48. The lowest BCUT2D eigenvalue weighted by Gasteiger charge is -2.36. The number of primary amides is 1. The van der Waals surface area contributed by atoms with Gasteiger partial charge in [0.2, 0.25) is 0 Å². The number of likely N-dealkylation sites (tertiary alicyclic amines) is 1. The zero-order valence-corrected chi connectivity index (χ0v) is 24.0. The van der Waals surface area contributed by atoms with Crippen LogP contribution < -0.4 is 21.3 Å². The zero-order chi connectivity index (χ0) is 28.9. The summed E-state index contributed by atoms with van der Waals surface area (Å²) in [7, 11) is 0. The van der Waals surface area contributed by atoms with Crippen LogP contribution in [-0.4, -0.2) is 69.9 Å². The van der Waals surface area contributed by atoms with Gasteiger partial charge in [-0.1, -0.05) is 25.0 Å². The Labute approximate surface area is 247 Å². The molecular weight excluding hydrogens is 528 g/mol. The molecule has 10 nitrogen and oxygen atoms in total. The average molecular weight is 569 g/mol. The summed E-state index contributed by atoms with van der Waals surface area (Å²) < 4.78 is 0. The second kappa shape index (κ2) is 12.9. The molecule has 2 aliphatic heterocycles. The quantitative estimate of drug-likeness (QED) is 0.368. The SMILES string of the molecule is NC(=O)c1ncc(N2CCCC(NC(=O)c3cccnc3)C2)nc1Nc1ccc(C2CCN(C3CCCC3)CC2)cc1. The molecule has 10 heteroatoms. The molecule has 0 spiro atoms. The number of carbonyl (C=O) groups excluding carboxylic acids is 2. The van der Waals surface area contributed by atoms with E-state index in [0.717, 1.165) is 31.1 Å². The molecule has 4 heterocycles. The molecule has 0 bridgehead atoms. The summed E-state index contributed by atoms with van der Waals surface area (Å²) in [5.74, 6) is 0.761. The first-order chi connectivity index (χ1) is 20.5. The predicted octanol–water partition coefficient (Wildman–Crippen LogP) is 4.23. The van der Waals surface area contributed by atoms with Gasteiger partial charge in [-0.2, -0.15) is 0 Å². The van der Waals surface area contributed by atoms with E-state index in [4.69, 9.17) is 10.7 Å². The van der Waals surface area contributed by atoms with Crippen molar-refractivity contribution in [1.82, 2.24) is 25.2 Å². The number of nitrogens with one attached hydrogen (secondary N) is 2. The number of carbonyl (C=O) groups is 2. The van der Waals surface area contributed by atoms with Gasteiger partial charge in [0.15, 0.2) is 11.5 Å². The summed E-state index contributed by atoms with van der Waals surface area (Å²) in [6, 6.07) is 12.7. The maximum absolute atomic E-state index is 12.7. The molecule has 1 atom stereocenters. The van der Waals surface area contributed by atoms with Crippen molar-refractivity contribution in [3.05, 3.63) is 71.8 Å². The molecule has 2 aromatic heterocycles. The van der Waals surface area contributed by atoms with Crippen LogP contribution in [0.15, 0.2) is 55.0 Å². The summed E-state index contributed by atoms with van der Waals surface area (Å²) >= 11 is 0. The van der Waals surface area contributed by atoms with Gasteiger partial charge in [0.05, 0.1) is 11.8 Å². The lowest BCUT2D eigenvalue weighted by atomic mass is 9.88. The fourth-order valence-electron chi connectivity index (χ4n) is 6.71. The van der Waals surface area contributed by atoms with Gasteiger partial charge in [0, 0.05) is 43.3 Å². The number of hydrogen-bond acceptors (Lipinski definition) is 8. The molecule has 3 aliphatic rings. The van der Waals surface area contributed by atoms with Crippen LogP contribution >= 0.6 is 0 Å². The second-order valence-electron chi connectivity index (χ2n) is 11.8. The number of nitrogens with zero attached hydrogens (tertiary/aromatic N) is 5. The fraction of sp³-hybridized carbons (Fsp3) is 0.469. The second-order valence-corrected chi connectivity index (χ2v) is 11.8. The summed E-state index contributed by atoms with van der Waals surface area (Å²) in [6.07, 6.45) is 14.4. The Bertz CT molecular complexity index is 1370. The third-order valence-electron chi connectivity index (χ3n) is 9.01. The first kappa shape index (κ1) is 28.1. The fourth-order valence-corrected chi connectivity index (χ4v) is 6.71. The van der Waals surface area contributed by atoms with Crippen molar-refractivity contribution in [3.63, 3.8) is 0 Å².